The smallest absolute Gasteiger partial charge is 0.165 e. The maximum atomic E-state index is 9.61. The molecule has 0 unspecified atom stereocenters. The Morgan fingerprint density at radius 2 is 2.00 bits per heavy atom. The van der Waals surface area contributed by atoms with Gasteiger partial charge in [0.25, 0.3) is 0 Å². The maximum absolute atomic E-state index is 9.61. The van der Waals surface area contributed by atoms with E-state index in [1.807, 2.05) is 4.57 Å². The Kier molecular flexibility index (Phi) is 2.91. The monoisotopic (exact) mass is 277 g/mol. The lowest BCUT2D eigenvalue weighted by Gasteiger charge is -2.57. The minimum absolute atomic E-state index is 0.0106. The third kappa shape index (κ3) is 1.56. The number of nitrogens with zero attached hydrogens (tertiary/aromatic N) is 4. The van der Waals surface area contributed by atoms with Crippen LogP contribution in [0.1, 0.15) is 19.9 Å². The molecule has 108 valence electrons. The van der Waals surface area contributed by atoms with Gasteiger partial charge in [-0.2, -0.15) is 0 Å². The Hall–Kier alpha value is -1.73. The zero-order valence-corrected chi connectivity index (χ0v) is 11.6. The van der Waals surface area contributed by atoms with Crippen LogP contribution in [0.4, 0.5) is 5.82 Å². The number of aliphatic hydroxyl groups is 2. The van der Waals surface area contributed by atoms with Gasteiger partial charge in [0, 0.05) is 25.2 Å². The Morgan fingerprint density at radius 1 is 1.25 bits per heavy atom. The first-order valence-corrected chi connectivity index (χ1v) is 6.67. The third-order valence-electron chi connectivity index (χ3n) is 4.73. The first kappa shape index (κ1) is 13.3. The number of nitrogen functional groups attached to an aromatic ring is 1. The van der Waals surface area contributed by atoms with Gasteiger partial charge in [-0.25, -0.2) is 15.0 Å². The first-order chi connectivity index (χ1) is 9.52. The Bertz CT molecular complexity index is 639. The van der Waals surface area contributed by atoms with Crippen LogP contribution >= 0.6 is 0 Å². The van der Waals surface area contributed by atoms with Crippen molar-refractivity contribution in [3.63, 3.8) is 0 Å². The first-order valence-electron chi connectivity index (χ1n) is 6.67. The molecule has 4 N–H and O–H groups in total. The summed E-state index contributed by atoms with van der Waals surface area (Å²) in [6.45, 7) is 4.26. The van der Waals surface area contributed by atoms with E-state index in [1.165, 1.54) is 6.33 Å². The number of hydrogen-bond acceptors (Lipinski definition) is 6. The molecule has 1 saturated carbocycles. The molecule has 0 aliphatic heterocycles. The molecule has 20 heavy (non-hydrogen) atoms. The average Bonchev–Trinajstić information content (AvgIpc) is 2.82. The predicted molar refractivity (Wildman–Crippen MR) is 73.7 cm³/mol. The van der Waals surface area contributed by atoms with E-state index in [9.17, 15) is 10.2 Å². The van der Waals surface area contributed by atoms with Gasteiger partial charge in [-0.1, -0.05) is 13.8 Å². The van der Waals surface area contributed by atoms with E-state index in [4.69, 9.17) is 5.73 Å². The molecule has 2 aromatic heterocycles. The SMILES string of the molecule is CC1(C)[C@H](CO)[C@@H](CO)[C@@H]1n1cnc2c(N)ncnc21. The number of aliphatic hydroxyl groups excluding tert-OH is 2. The summed E-state index contributed by atoms with van der Waals surface area (Å²) in [5, 5.41) is 19.1. The molecule has 1 aliphatic rings. The summed E-state index contributed by atoms with van der Waals surface area (Å²) < 4.78 is 1.94. The molecule has 3 rings (SSSR count). The fourth-order valence-electron chi connectivity index (χ4n) is 3.66. The number of anilines is 1. The average molecular weight is 277 g/mol. The molecule has 0 bridgehead atoms. The lowest BCUT2D eigenvalue weighted by Crippen LogP contribution is -2.57. The Balaban J connectivity index is 2.09. The highest BCUT2D eigenvalue weighted by molar-refractivity contribution is 5.81. The molecule has 0 aromatic carbocycles. The van der Waals surface area contributed by atoms with Crippen LogP contribution in [0.15, 0.2) is 12.7 Å². The quantitative estimate of drug-likeness (QED) is 0.739. The summed E-state index contributed by atoms with van der Waals surface area (Å²) in [7, 11) is 0. The molecule has 3 atom stereocenters. The van der Waals surface area contributed by atoms with Crippen LogP contribution in [0.25, 0.3) is 11.2 Å². The van der Waals surface area contributed by atoms with E-state index in [2.05, 4.69) is 28.8 Å². The molecule has 7 nitrogen and oxygen atoms in total. The molecule has 2 aromatic rings. The highest BCUT2D eigenvalue weighted by Crippen LogP contribution is 2.58. The number of nitrogens with two attached hydrogens (primary N) is 1. The van der Waals surface area contributed by atoms with E-state index >= 15 is 0 Å². The van der Waals surface area contributed by atoms with E-state index in [0.717, 1.165) is 0 Å². The lowest BCUT2D eigenvalue weighted by atomic mass is 9.52. The number of rotatable bonds is 3. The van der Waals surface area contributed by atoms with Gasteiger partial charge in [-0.05, 0) is 11.3 Å². The summed E-state index contributed by atoms with van der Waals surface area (Å²) in [6.07, 6.45) is 3.11. The second-order valence-electron chi connectivity index (χ2n) is 5.98. The normalized spacial score (nSPS) is 28.5. The van der Waals surface area contributed by atoms with Crippen molar-refractivity contribution in [3.05, 3.63) is 12.7 Å². The van der Waals surface area contributed by atoms with Crippen molar-refractivity contribution in [2.24, 2.45) is 17.3 Å². The molecule has 7 heteroatoms. The van der Waals surface area contributed by atoms with E-state index in [0.29, 0.717) is 17.0 Å². The lowest BCUT2D eigenvalue weighted by molar-refractivity contribution is -0.127. The number of fused-ring (bicyclic) bond motifs is 1. The number of imidazole rings is 1. The topological polar surface area (TPSA) is 110 Å². The van der Waals surface area contributed by atoms with Crippen molar-refractivity contribution in [2.75, 3.05) is 18.9 Å². The van der Waals surface area contributed by atoms with Crippen LogP contribution in [0.2, 0.25) is 0 Å². The van der Waals surface area contributed by atoms with Crippen LogP contribution in [0, 0.1) is 17.3 Å². The molecule has 1 fully saturated rings. The molecule has 0 spiro atoms. The second kappa shape index (κ2) is 4.39. The predicted octanol–water partition coefficient (Wildman–Crippen LogP) is 0.206. The zero-order chi connectivity index (χ0) is 14.5. The summed E-state index contributed by atoms with van der Waals surface area (Å²) >= 11 is 0. The van der Waals surface area contributed by atoms with Crippen molar-refractivity contribution >= 4 is 17.0 Å². The van der Waals surface area contributed by atoms with Crippen LogP contribution in [0.3, 0.4) is 0 Å². The Labute approximate surface area is 116 Å². The molecule has 1 aliphatic carbocycles. The van der Waals surface area contributed by atoms with Gasteiger partial charge in [-0.15, -0.1) is 0 Å². The van der Waals surface area contributed by atoms with Crippen molar-refractivity contribution in [2.45, 2.75) is 19.9 Å². The molecular weight excluding hydrogens is 258 g/mol. The minimum Gasteiger partial charge on any atom is -0.396 e. The summed E-state index contributed by atoms with van der Waals surface area (Å²) in [4.78, 5) is 12.5. The number of aromatic nitrogens is 4. The largest absolute Gasteiger partial charge is 0.396 e. The molecular formula is C13H19N5O2. The van der Waals surface area contributed by atoms with Crippen molar-refractivity contribution in [1.82, 2.24) is 19.5 Å². The molecule has 0 amide bonds. The fraction of sp³-hybridized carbons (Fsp3) is 0.615. The Morgan fingerprint density at radius 3 is 2.65 bits per heavy atom. The van der Waals surface area contributed by atoms with Gasteiger partial charge in [0.2, 0.25) is 0 Å². The van der Waals surface area contributed by atoms with Gasteiger partial charge in [-0.3, -0.25) is 0 Å². The summed E-state index contributed by atoms with van der Waals surface area (Å²) in [5.41, 5.74) is 6.91. The summed E-state index contributed by atoms with van der Waals surface area (Å²) in [5.74, 6) is 0.405. The second-order valence-corrected chi connectivity index (χ2v) is 5.98. The standard InChI is InChI=1S/C13H19N5O2/c1-13(2)8(4-20)7(3-19)10(13)18-6-17-9-11(14)15-5-16-12(9)18/h5-8,10,19-20H,3-4H2,1-2H3,(H2,14,15,16)/t7-,8-,10+/m1/s1. The van der Waals surface area contributed by atoms with Crippen LogP contribution in [-0.4, -0.2) is 42.9 Å². The maximum Gasteiger partial charge on any atom is 0.165 e. The van der Waals surface area contributed by atoms with Gasteiger partial charge in [0.1, 0.15) is 11.8 Å². The van der Waals surface area contributed by atoms with Crippen LogP contribution < -0.4 is 5.73 Å². The highest BCUT2D eigenvalue weighted by Gasteiger charge is 2.56. The molecule has 0 radical (unpaired) electrons. The van der Waals surface area contributed by atoms with Gasteiger partial charge < -0.3 is 20.5 Å². The minimum atomic E-state index is -0.143. The summed E-state index contributed by atoms with van der Waals surface area (Å²) in [6, 6.07) is 0.0314. The third-order valence-corrected chi connectivity index (χ3v) is 4.73. The van der Waals surface area contributed by atoms with Crippen molar-refractivity contribution < 1.29 is 10.2 Å². The molecule has 0 saturated heterocycles. The molecule has 2 heterocycles. The fourth-order valence-corrected chi connectivity index (χ4v) is 3.66. The van der Waals surface area contributed by atoms with E-state index in [1.54, 1.807) is 6.33 Å². The van der Waals surface area contributed by atoms with Gasteiger partial charge in [0.05, 0.1) is 6.33 Å². The zero-order valence-electron chi connectivity index (χ0n) is 11.6. The van der Waals surface area contributed by atoms with Crippen molar-refractivity contribution in [3.8, 4) is 0 Å². The highest BCUT2D eigenvalue weighted by atomic mass is 16.3. The van der Waals surface area contributed by atoms with Crippen molar-refractivity contribution in [1.29, 1.82) is 0 Å². The van der Waals surface area contributed by atoms with Gasteiger partial charge in [0.15, 0.2) is 11.5 Å². The van der Waals surface area contributed by atoms with Crippen LogP contribution in [-0.2, 0) is 0 Å². The van der Waals surface area contributed by atoms with E-state index < -0.39 is 0 Å². The van der Waals surface area contributed by atoms with E-state index in [-0.39, 0.29) is 36.5 Å². The number of hydrogen-bond donors (Lipinski definition) is 3. The van der Waals surface area contributed by atoms with Gasteiger partial charge >= 0.3 is 0 Å². The van der Waals surface area contributed by atoms with Crippen LogP contribution in [0.5, 0.6) is 0 Å².